The van der Waals surface area contributed by atoms with E-state index >= 15 is 0 Å². The minimum absolute atomic E-state index is 0.124. The second-order valence-electron chi connectivity index (χ2n) is 6.70. The minimum atomic E-state index is 0.124. The third-order valence-corrected chi connectivity index (χ3v) is 6.31. The number of halogens is 1. The Hall–Kier alpha value is -2.31. The first-order valence-corrected chi connectivity index (χ1v) is 10.6. The molecule has 5 nitrogen and oxygen atoms in total. The van der Waals surface area contributed by atoms with Gasteiger partial charge in [-0.1, -0.05) is 41.1 Å². The van der Waals surface area contributed by atoms with E-state index in [0.29, 0.717) is 31.1 Å². The zero-order chi connectivity index (χ0) is 19.5. The van der Waals surface area contributed by atoms with Crippen molar-refractivity contribution in [2.24, 2.45) is 0 Å². The number of nitrogens with zero attached hydrogens (tertiary/aromatic N) is 3. The molecule has 1 saturated heterocycles. The molecule has 0 unspecified atom stereocenters. The molecule has 2 heterocycles. The number of anilines is 1. The summed E-state index contributed by atoms with van der Waals surface area (Å²) in [5.41, 5.74) is 1.87. The fourth-order valence-electron chi connectivity index (χ4n) is 3.35. The van der Waals surface area contributed by atoms with E-state index in [1.807, 2.05) is 54.3 Å². The van der Waals surface area contributed by atoms with Crippen molar-refractivity contribution in [1.82, 2.24) is 9.88 Å². The first-order valence-electron chi connectivity index (χ1n) is 9.43. The van der Waals surface area contributed by atoms with E-state index in [4.69, 9.17) is 21.3 Å². The lowest BCUT2D eigenvalue weighted by Crippen LogP contribution is -2.49. The van der Waals surface area contributed by atoms with Crippen LogP contribution in [0.5, 0.6) is 5.75 Å². The molecule has 0 saturated carbocycles. The molecular weight excluding hydrogens is 394 g/mol. The summed E-state index contributed by atoms with van der Waals surface area (Å²) >= 11 is 7.86. The zero-order valence-electron chi connectivity index (χ0n) is 15.7. The topological polar surface area (TPSA) is 45.7 Å². The molecule has 0 bridgehead atoms. The average molecular weight is 416 g/mol. The molecule has 28 heavy (non-hydrogen) atoms. The highest BCUT2D eigenvalue weighted by atomic mass is 35.5. The van der Waals surface area contributed by atoms with Gasteiger partial charge in [0.2, 0.25) is 5.91 Å². The van der Waals surface area contributed by atoms with Gasteiger partial charge in [-0.05, 0) is 36.8 Å². The van der Waals surface area contributed by atoms with Crippen LogP contribution in [0.4, 0.5) is 5.13 Å². The Morgan fingerprint density at radius 1 is 1.18 bits per heavy atom. The van der Waals surface area contributed by atoms with Crippen molar-refractivity contribution < 1.29 is 9.53 Å². The van der Waals surface area contributed by atoms with Crippen molar-refractivity contribution in [3.8, 4) is 5.75 Å². The molecule has 1 aliphatic rings. The predicted octanol–water partition coefficient (Wildman–Crippen LogP) is 4.24. The summed E-state index contributed by atoms with van der Waals surface area (Å²) in [6.45, 7) is 5.60. The van der Waals surface area contributed by atoms with E-state index in [2.05, 4.69) is 4.90 Å². The number of ether oxygens (including phenoxy) is 1. The SMILES string of the molecule is CCOc1ccc2nc(N3CCN(C(=O)Cc4ccccc4Cl)CC3)sc2c1. The Morgan fingerprint density at radius 2 is 1.96 bits per heavy atom. The van der Waals surface area contributed by atoms with E-state index in [1.54, 1.807) is 11.3 Å². The highest BCUT2D eigenvalue weighted by molar-refractivity contribution is 7.22. The largest absolute Gasteiger partial charge is 0.494 e. The molecule has 3 aromatic rings. The van der Waals surface area contributed by atoms with Crippen LogP contribution in [0.15, 0.2) is 42.5 Å². The maximum Gasteiger partial charge on any atom is 0.227 e. The summed E-state index contributed by atoms with van der Waals surface area (Å²) in [6, 6.07) is 13.5. The fraction of sp³-hybridized carbons (Fsp3) is 0.333. The van der Waals surface area contributed by atoms with E-state index in [9.17, 15) is 4.79 Å². The highest BCUT2D eigenvalue weighted by Gasteiger charge is 2.23. The van der Waals surface area contributed by atoms with Crippen molar-refractivity contribution in [3.63, 3.8) is 0 Å². The van der Waals surface area contributed by atoms with Crippen LogP contribution in [0.3, 0.4) is 0 Å². The number of fused-ring (bicyclic) bond motifs is 1. The molecule has 1 aromatic heterocycles. The Balaban J connectivity index is 1.39. The molecule has 0 radical (unpaired) electrons. The summed E-state index contributed by atoms with van der Waals surface area (Å²) in [5.74, 6) is 0.999. The Labute approximate surface area is 173 Å². The third kappa shape index (κ3) is 4.08. The quantitative estimate of drug-likeness (QED) is 0.625. The Kier molecular flexibility index (Phi) is 5.69. The first-order chi connectivity index (χ1) is 13.6. The van der Waals surface area contributed by atoms with E-state index in [-0.39, 0.29) is 5.91 Å². The summed E-state index contributed by atoms with van der Waals surface area (Å²) in [7, 11) is 0. The molecule has 146 valence electrons. The van der Waals surface area contributed by atoms with Crippen LogP contribution in [0.25, 0.3) is 10.2 Å². The van der Waals surface area contributed by atoms with Crippen molar-refractivity contribution in [3.05, 3.63) is 53.1 Å². The smallest absolute Gasteiger partial charge is 0.227 e. The fourth-order valence-corrected chi connectivity index (χ4v) is 4.60. The lowest BCUT2D eigenvalue weighted by Gasteiger charge is -2.34. The number of hydrogen-bond donors (Lipinski definition) is 0. The van der Waals surface area contributed by atoms with Gasteiger partial charge in [0.1, 0.15) is 5.75 Å². The van der Waals surface area contributed by atoms with Crippen LogP contribution in [-0.4, -0.2) is 48.6 Å². The van der Waals surface area contributed by atoms with Gasteiger partial charge in [0.15, 0.2) is 5.13 Å². The van der Waals surface area contributed by atoms with Crippen LogP contribution in [0.2, 0.25) is 5.02 Å². The normalized spacial score (nSPS) is 14.5. The molecule has 0 atom stereocenters. The van der Waals surface area contributed by atoms with Gasteiger partial charge in [0.25, 0.3) is 0 Å². The van der Waals surface area contributed by atoms with Crippen LogP contribution in [0.1, 0.15) is 12.5 Å². The standard InChI is InChI=1S/C21H22ClN3O2S/c1-2-27-16-7-8-18-19(14-16)28-21(23-18)25-11-9-24(10-12-25)20(26)13-15-5-3-4-6-17(15)22/h3-8,14H,2,9-13H2,1H3. The maximum absolute atomic E-state index is 12.6. The first kappa shape index (κ1) is 19.0. The highest BCUT2D eigenvalue weighted by Crippen LogP contribution is 2.32. The van der Waals surface area contributed by atoms with Crippen LogP contribution in [0, 0.1) is 0 Å². The van der Waals surface area contributed by atoms with Gasteiger partial charge >= 0.3 is 0 Å². The Bertz CT molecular complexity index is 983. The molecule has 1 amide bonds. The van der Waals surface area contributed by atoms with Crippen molar-refractivity contribution in [2.75, 3.05) is 37.7 Å². The number of aromatic nitrogens is 1. The minimum Gasteiger partial charge on any atom is -0.494 e. The molecule has 0 aliphatic carbocycles. The number of benzene rings is 2. The Morgan fingerprint density at radius 3 is 2.71 bits per heavy atom. The summed E-state index contributed by atoms with van der Waals surface area (Å²) in [6.07, 6.45) is 0.348. The van der Waals surface area contributed by atoms with Crippen molar-refractivity contribution >= 4 is 44.2 Å². The average Bonchev–Trinajstić information content (AvgIpc) is 3.13. The number of carbonyl (C=O) groups is 1. The van der Waals surface area contributed by atoms with E-state index in [1.165, 1.54) is 0 Å². The van der Waals surface area contributed by atoms with Gasteiger partial charge in [-0.2, -0.15) is 0 Å². The van der Waals surface area contributed by atoms with Gasteiger partial charge in [-0.15, -0.1) is 0 Å². The lowest BCUT2D eigenvalue weighted by molar-refractivity contribution is -0.130. The van der Waals surface area contributed by atoms with Crippen LogP contribution < -0.4 is 9.64 Å². The summed E-state index contributed by atoms with van der Waals surface area (Å²) < 4.78 is 6.70. The summed E-state index contributed by atoms with van der Waals surface area (Å²) in [4.78, 5) is 21.6. The lowest BCUT2D eigenvalue weighted by atomic mass is 10.1. The van der Waals surface area contributed by atoms with E-state index < -0.39 is 0 Å². The predicted molar refractivity (Wildman–Crippen MR) is 115 cm³/mol. The van der Waals surface area contributed by atoms with Gasteiger partial charge in [-0.25, -0.2) is 4.98 Å². The second kappa shape index (κ2) is 8.37. The molecule has 7 heteroatoms. The summed E-state index contributed by atoms with van der Waals surface area (Å²) in [5, 5.41) is 1.65. The molecular formula is C21H22ClN3O2S. The van der Waals surface area contributed by atoms with Crippen molar-refractivity contribution in [2.45, 2.75) is 13.3 Å². The number of thiazole rings is 1. The maximum atomic E-state index is 12.6. The molecule has 2 aromatic carbocycles. The number of hydrogen-bond acceptors (Lipinski definition) is 5. The van der Waals surface area contributed by atoms with Gasteiger partial charge < -0.3 is 14.5 Å². The number of rotatable bonds is 5. The number of carbonyl (C=O) groups excluding carboxylic acids is 1. The zero-order valence-corrected chi connectivity index (χ0v) is 17.3. The van der Waals surface area contributed by atoms with Crippen LogP contribution >= 0.6 is 22.9 Å². The second-order valence-corrected chi connectivity index (χ2v) is 8.11. The number of amides is 1. The molecule has 4 rings (SSSR count). The van der Waals surface area contributed by atoms with Crippen molar-refractivity contribution in [1.29, 1.82) is 0 Å². The van der Waals surface area contributed by atoms with Gasteiger partial charge in [0.05, 0.1) is 23.2 Å². The van der Waals surface area contributed by atoms with Gasteiger partial charge in [0, 0.05) is 31.2 Å². The molecule has 0 N–H and O–H groups in total. The molecule has 1 aliphatic heterocycles. The van der Waals surface area contributed by atoms with Gasteiger partial charge in [-0.3, -0.25) is 4.79 Å². The number of piperazine rings is 1. The monoisotopic (exact) mass is 415 g/mol. The van der Waals surface area contributed by atoms with E-state index in [0.717, 1.165) is 39.8 Å². The molecule has 1 fully saturated rings. The van der Waals surface area contributed by atoms with Crippen LogP contribution in [-0.2, 0) is 11.2 Å². The molecule has 0 spiro atoms. The third-order valence-electron chi connectivity index (χ3n) is 4.86.